The van der Waals surface area contributed by atoms with Gasteiger partial charge in [0, 0.05) is 37.6 Å². The molecule has 11 heteroatoms. The van der Waals surface area contributed by atoms with E-state index in [1.807, 2.05) is 24.3 Å². The average molecular weight is 650 g/mol. The molecule has 39 heavy (non-hydrogen) atoms. The Kier molecular flexibility index (Phi) is 9.83. The number of para-hydroxylation sites is 2. The molecule has 1 aliphatic rings. The first-order chi connectivity index (χ1) is 18.9. The van der Waals surface area contributed by atoms with E-state index in [9.17, 15) is 19.8 Å². The van der Waals surface area contributed by atoms with Crippen molar-refractivity contribution >= 4 is 45.4 Å². The Morgan fingerprint density at radius 1 is 1.15 bits per heavy atom. The van der Waals surface area contributed by atoms with Crippen LogP contribution in [0.15, 0.2) is 64.6 Å². The molecular weight excluding hydrogens is 619 g/mol. The van der Waals surface area contributed by atoms with Crippen LogP contribution in [0, 0.1) is 3.57 Å². The maximum atomic E-state index is 13.9. The molecule has 4 rings (SSSR count). The number of aliphatic hydroxyl groups excluding tert-OH is 2. The number of carbonyl (C=O) groups is 2. The molecule has 0 saturated heterocycles. The molecule has 1 aromatic heterocycles. The van der Waals surface area contributed by atoms with Crippen LogP contribution in [-0.2, 0) is 9.53 Å². The van der Waals surface area contributed by atoms with Crippen LogP contribution in [0.5, 0.6) is 11.5 Å². The number of rotatable bonds is 11. The molecule has 3 N–H and O–H groups in total. The lowest BCUT2D eigenvalue weighted by molar-refractivity contribution is -0.118. The molecule has 0 spiro atoms. The van der Waals surface area contributed by atoms with Crippen LogP contribution in [0.4, 0.5) is 0 Å². The zero-order chi connectivity index (χ0) is 27.9. The second-order valence-electron chi connectivity index (χ2n) is 8.93. The molecule has 0 bridgehead atoms. The Balaban J connectivity index is 1.70. The number of ether oxygens (including phenoxy) is 3. The number of hydrogen-bond acceptors (Lipinski definition) is 8. The SMILES string of the molecule is COCCN(C(=O)c1cc2cccc(OC)c2o1)C1CC(C(=O)NCCO)=CC(Oc2ccccc2I)C1O. The molecule has 0 radical (unpaired) electrons. The summed E-state index contributed by atoms with van der Waals surface area (Å²) in [6, 6.07) is 13.5. The average Bonchev–Trinajstić information content (AvgIpc) is 3.39. The molecule has 1 heterocycles. The number of benzene rings is 2. The summed E-state index contributed by atoms with van der Waals surface area (Å²) in [5.74, 6) is 0.204. The molecule has 1 aliphatic carbocycles. The summed E-state index contributed by atoms with van der Waals surface area (Å²) in [7, 11) is 3.04. The van der Waals surface area contributed by atoms with Crippen LogP contribution < -0.4 is 14.8 Å². The lowest BCUT2D eigenvalue weighted by Gasteiger charge is -2.40. The minimum Gasteiger partial charge on any atom is -0.493 e. The number of amides is 2. The van der Waals surface area contributed by atoms with Gasteiger partial charge in [-0.1, -0.05) is 24.3 Å². The maximum absolute atomic E-state index is 13.9. The lowest BCUT2D eigenvalue weighted by Crippen LogP contribution is -2.55. The highest BCUT2D eigenvalue weighted by Gasteiger charge is 2.41. The predicted octanol–water partition coefficient (Wildman–Crippen LogP) is 2.75. The van der Waals surface area contributed by atoms with E-state index in [1.165, 1.54) is 19.1 Å². The quantitative estimate of drug-likeness (QED) is 0.270. The Morgan fingerprint density at radius 2 is 1.92 bits per heavy atom. The molecule has 10 nitrogen and oxygen atoms in total. The van der Waals surface area contributed by atoms with Gasteiger partial charge >= 0.3 is 0 Å². The van der Waals surface area contributed by atoms with E-state index < -0.39 is 30.1 Å². The minimum absolute atomic E-state index is 0.0587. The number of aliphatic hydroxyl groups is 2. The minimum atomic E-state index is -1.17. The first-order valence-electron chi connectivity index (χ1n) is 12.4. The molecule has 0 aliphatic heterocycles. The van der Waals surface area contributed by atoms with Crippen molar-refractivity contribution in [2.24, 2.45) is 0 Å². The zero-order valence-corrected chi connectivity index (χ0v) is 23.8. The molecule has 208 valence electrons. The van der Waals surface area contributed by atoms with Gasteiger partial charge < -0.3 is 39.1 Å². The van der Waals surface area contributed by atoms with Crippen LogP contribution in [0.2, 0.25) is 0 Å². The van der Waals surface area contributed by atoms with Crippen LogP contribution in [0.1, 0.15) is 17.0 Å². The third-order valence-electron chi connectivity index (χ3n) is 6.45. The van der Waals surface area contributed by atoms with Crippen LogP contribution in [0.3, 0.4) is 0 Å². The van der Waals surface area contributed by atoms with Crippen molar-refractivity contribution < 1.29 is 38.4 Å². The van der Waals surface area contributed by atoms with Crippen LogP contribution in [0.25, 0.3) is 11.0 Å². The van der Waals surface area contributed by atoms with Gasteiger partial charge in [0.1, 0.15) is 18.0 Å². The summed E-state index contributed by atoms with van der Waals surface area (Å²) >= 11 is 2.13. The zero-order valence-electron chi connectivity index (χ0n) is 21.6. The van der Waals surface area contributed by atoms with Crippen molar-refractivity contribution in [2.45, 2.75) is 24.7 Å². The van der Waals surface area contributed by atoms with Crippen molar-refractivity contribution in [3.05, 3.63) is 69.5 Å². The Bertz CT molecular complexity index is 1340. The van der Waals surface area contributed by atoms with E-state index >= 15 is 0 Å². The van der Waals surface area contributed by atoms with Gasteiger partial charge in [-0.25, -0.2) is 0 Å². The predicted molar refractivity (Wildman–Crippen MR) is 152 cm³/mol. The first kappa shape index (κ1) is 28.9. The molecule has 0 fully saturated rings. The number of hydrogen-bond donors (Lipinski definition) is 3. The van der Waals surface area contributed by atoms with Crippen LogP contribution in [-0.4, -0.2) is 85.7 Å². The van der Waals surface area contributed by atoms with E-state index in [-0.39, 0.29) is 38.5 Å². The summed E-state index contributed by atoms with van der Waals surface area (Å²) in [6.45, 7) is 0.169. The molecule has 3 aromatic rings. The Hall–Kier alpha value is -3.13. The molecule has 3 unspecified atom stereocenters. The summed E-state index contributed by atoms with van der Waals surface area (Å²) < 4.78 is 23.5. The van der Waals surface area contributed by atoms with Gasteiger partial charge in [-0.2, -0.15) is 0 Å². The summed E-state index contributed by atoms with van der Waals surface area (Å²) in [5.41, 5.74) is 0.763. The Morgan fingerprint density at radius 3 is 2.64 bits per heavy atom. The largest absolute Gasteiger partial charge is 0.493 e. The number of fused-ring (bicyclic) bond motifs is 1. The monoisotopic (exact) mass is 650 g/mol. The lowest BCUT2D eigenvalue weighted by atomic mass is 9.88. The van der Waals surface area contributed by atoms with Gasteiger partial charge in [-0.15, -0.1) is 0 Å². The topological polar surface area (TPSA) is 131 Å². The molecule has 3 atom stereocenters. The van der Waals surface area contributed by atoms with Crippen LogP contribution >= 0.6 is 22.6 Å². The van der Waals surface area contributed by atoms with Crippen molar-refractivity contribution in [2.75, 3.05) is 40.5 Å². The fraction of sp³-hybridized carbons (Fsp3) is 0.357. The Labute approximate surface area is 239 Å². The fourth-order valence-corrected chi connectivity index (χ4v) is 5.03. The van der Waals surface area contributed by atoms with E-state index in [2.05, 4.69) is 27.9 Å². The van der Waals surface area contributed by atoms with Gasteiger partial charge in [0.05, 0.1) is 29.9 Å². The van der Waals surface area contributed by atoms with Crippen molar-refractivity contribution in [1.82, 2.24) is 10.2 Å². The van der Waals surface area contributed by atoms with E-state index in [4.69, 9.17) is 18.6 Å². The van der Waals surface area contributed by atoms with Gasteiger partial charge in [0.25, 0.3) is 5.91 Å². The molecule has 0 saturated carbocycles. The normalized spacial score (nSPS) is 18.9. The molecule has 2 amide bonds. The molecule has 2 aromatic carbocycles. The summed E-state index contributed by atoms with van der Waals surface area (Å²) in [6.07, 6.45) is -0.469. The number of furan rings is 1. The van der Waals surface area contributed by atoms with Crippen molar-refractivity contribution in [3.8, 4) is 11.5 Å². The first-order valence-corrected chi connectivity index (χ1v) is 13.5. The summed E-state index contributed by atoms with van der Waals surface area (Å²) in [4.78, 5) is 28.3. The van der Waals surface area contributed by atoms with Gasteiger partial charge in [0.2, 0.25) is 5.91 Å². The number of carbonyl (C=O) groups excluding carboxylic acids is 2. The number of nitrogens with zero attached hydrogens (tertiary/aromatic N) is 1. The second-order valence-corrected chi connectivity index (χ2v) is 10.1. The number of halogens is 1. The van der Waals surface area contributed by atoms with E-state index in [0.717, 1.165) is 3.57 Å². The molecular formula is C28H31IN2O8. The number of methoxy groups -OCH3 is 2. The van der Waals surface area contributed by atoms with E-state index in [1.54, 1.807) is 30.3 Å². The fourth-order valence-electron chi connectivity index (χ4n) is 4.52. The second kappa shape index (κ2) is 13.3. The van der Waals surface area contributed by atoms with Gasteiger partial charge in [0.15, 0.2) is 17.1 Å². The van der Waals surface area contributed by atoms with Gasteiger partial charge in [-0.05, 0) is 52.9 Å². The standard InChI is InChI=1S/C28H31IN2O8/c1-36-13-11-31(28(35)24-15-17-6-5-9-22(37-2)26(17)39-24)20-14-18(27(34)30-10-12-32)16-23(25(20)33)38-21-8-4-3-7-19(21)29/h3-9,15-16,20,23,25,32-33H,10-14H2,1-2H3,(H,30,34). The third kappa shape index (κ3) is 6.55. The highest BCUT2D eigenvalue weighted by molar-refractivity contribution is 14.1. The smallest absolute Gasteiger partial charge is 0.290 e. The summed E-state index contributed by atoms with van der Waals surface area (Å²) in [5, 5.41) is 24.0. The highest BCUT2D eigenvalue weighted by atomic mass is 127. The van der Waals surface area contributed by atoms with Gasteiger partial charge in [-0.3, -0.25) is 9.59 Å². The van der Waals surface area contributed by atoms with Crippen molar-refractivity contribution in [1.29, 1.82) is 0 Å². The van der Waals surface area contributed by atoms with Crippen molar-refractivity contribution in [3.63, 3.8) is 0 Å². The maximum Gasteiger partial charge on any atom is 0.290 e. The number of nitrogens with one attached hydrogen (secondary N) is 1. The highest BCUT2D eigenvalue weighted by Crippen LogP contribution is 2.32. The van der Waals surface area contributed by atoms with E-state index in [0.29, 0.717) is 28.0 Å². The third-order valence-corrected chi connectivity index (χ3v) is 7.34.